The number of imidazole rings is 1. The number of rotatable bonds is 10. The van der Waals surface area contributed by atoms with Gasteiger partial charge in [0.15, 0.2) is 17.3 Å². The lowest BCUT2D eigenvalue weighted by Gasteiger charge is -2.16. The molecule has 11 nitrogen and oxygen atoms in total. The van der Waals surface area contributed by atoms with Gasteiger partial charge in [0.1, 0.15) is 5.52 Å². The van der Waals surface area contributed by atoms with Gasteiger partial charge >= 0.3 is 0 Å². The molecule has 2 saturated heterocycles. The fourth-order valence-electron chi connectivity index (χ4n) is 4.58. The Labute approximate surface area is 203 Å². The maximum absolute atomic E-state index is 12.0. The molecule has 0 aromatic carbocycles. The third kappa shape index (κ3) is 5.03. The average Bonchev–Trinajstić information content (AvgIpc) is 3.60. The molecule has 0 spiro atoms. The van der Waals surface area contributed by atoms with Crippen LogP contribution in [0.15, 0.2) is 24.7 Å². The predicted octanol–water partition coefficient (Wildman–Crippen LogP) is 1.94. The standard InChI is InChI=1S/C24H30N8O3/c1-35-18-8-7-17(15-26-18)22-28-23(25-9-4-12-30-10-2-5-19(30)33)21-24(29-22)32(16-27-21)14-13-31-11-3-6-20(31)34/h7-8,15-16H,2-6,9-14H2,1H3,(H,25,28,29). The fraction of sp³-hybridized carbons (Fsp3) is 0.500. The third-order valence-corrected chi connectivity index (χ3v) is 6.52. The summed E-state index contributed by atoms with van der Waals surface area (Å²) in [6.07, 6.45) is 7.39. The first-order chi connectivity index (χ1) is 17.1. The Kier molecular flexibility index (Phi) is 6.73. The molecule has 35 heavy (non-hydrogen) atoms. The molecule has 0 bridgehead atoms. The van der Waals surface area contributed by atoms with E-state index in [1.807, 2.05) is 20.4 Å². The van der Waals surface area contributed by atoms with Crippen LogP contribution in [0.3, 0.4) is 0 Å². The van der Waals surface area contributed by atoms with Crippen molar-refractivity contribution in [3.8, 4) is 17.3 Å². The molecular formula is C24H30N8O3. The number of ether oxygens (including phenoxy) is 1. The van der Waals surface area contributed by atoms with Gasteiger partial charge in [-0.2, -0.15) is 0 Å². The van der Waals surface area contributed by atoms with Crippen molar-refractivity contribution in [2.45, 2.75) is 38.6 Å². The van der Waals surface area contributed by atoms with E-state index in [0.717, 1.165) is 44.5 Å². The number of carbonyl (C=O) groups excluding carboxylic acids is 2. The number of hydrogen-bond donors (Lipinski definition) is 1. The van der Waals surface area contributed by atoms with Gasteiger partial charge in [0.2, 0.25) is 17.7 Å². The van der Waals surface area contributed by atoms with Gasteiger partial charge in [0, 0.05) is 69.9 Å². The van der Waals surface area contributed by atoms with Crippen molar-refractivity contribution in [2.24, 2.45) is 0 Å². The van der Waals surface area contributed by atoms with Crippen LogP contribution in [0.4, 0.5) is 5.82 Å². The number of carbonyl (C=O) groups is 2. The zero-order valence-electron chi connectivity index (χ0n) is 19.9. The molecular weight excluding hydrogens is 448 g/mol. The van der Waals surface area contributed by atoms with Crippen LogP contribution in [0.25, 0.3) is 22.6 Å². The average molecular weight is 479 g/mol. The molecule has 11 heteroatoms. The van der Waals surface area contributed by atoms with E-state index in [0.29, 0.717) is 61.2 Å². The third-order valence-electron chi connectivity index (χ3n) is 6.52. The summed E-state index contributed by atoms with van der Waals surface area (Å²) in [6, 6.07) is 3.65. The number of anilines is 1. The Morgan fingerprint density at radius 3 is 2.40 bits per heavy atom. The van der Waals surface area contributed by atoms with E-state index in [1.54, 1.807) is 25.7 Å². The van der Waals surface area contributed by atoms with Gasteiger partial charge in [-0.15, -0.1) is 0 Å². The highest BCUT2D eigenvalue weighted by Crippen LogP contribution is 2.25. The topological polar surface area (TPSA) is 118 Å². The number of amides is 2. The van der Waals surface area contributed by atoms with Crippen molar-refractivity contribution in [3.63, 3.8) is 0 Å². The van der Waals surface area contributed by atoms with Crippen LogP contribution in [0, 0.1) is 0 Å². The second-order valence-electron chi connectivity index (χ2n) is 8.84. The van der Waals surface area contributed by atoms with E-state index in [-0.39, 0.29) is 11.8 Å². The first-order valence-corrected chi connectivity index (χ1v) is 12.1. The SMILES string of the molecule is COc1ccc(-c2nc(NCCCN3CCCC3=O)c3ncn(CCN4CCCC4=O)c3n2)cn1. The minimum atomic E-state index is 0.202. The highest BCUT2D eigenvalue weighted by atomic mass is 16.5. The molecule has 5 rings (SSSR count). The summed E-state index contributed by atoms with van der Waals surface area (Å²) >= 11 is 0. The van der Waals surface area contributed by atoms with E-state index in [1.165, 1.54) is 0 Å². The highest BCUT2D eigenvalue weighted by molar-refractivity contribution is 5.85. The summed E-state index contributed by atoms with van der Waals surface area (Å²) in [7, 11) is 1.58. The van der Waals surface area contributed by atoms with Crippen LogP contribution in [-0.2, 0) is 16.1 Å². The van der Waals surface area contributed by atoms with Gasteiger partial charge in [-0.25, -0.2) is 19.9 Å². The summed E-state index contributed by atoms with van der Waals surface area (Å²) < 4.78 is 7.14. The Morgan fingerprint density at radius 1 is 0.971 bits per heavy atom. The van der Waals surface area contributed by atoms with Crippen molar-refractivity contribution < 1.29 is 14.3 Å². The zero-order valence-corrected chi connectivity index (χ0v) is 19.9. The lowest BCUT2D eigenvalue weighted by molar-refractivity contribution is -0.128. The quantitative estimate of drug-likeness (QED) is 0.439. The first kappa shape index (κ1) is 23.0. The maximum Gasteiger partial charge on any atom is 0.222 e. The van der Waals surface area contributed by atoms with Gasteiger partial charge in [-0.3, -0.25) is 9.59 Å². The first-order valence-electron chi connectivity index (χ1n) is 12.1. The molecule has 2 fully saturated rings. The summed E-state index contributed by atoms with van der Waals surface area (Å²) in [4.78, 5) is 46.1. The number of fused-ring (bicyclic) bond motifs is 1. The van der Waals surface area contributed by atoms with Gasteiger partial charge in [0.25, 0.3) is 0 Å². The number of nitrogens with zero attached hydrogens (tertiary/aromatic N) is 7. The van der Waals surface area contributed by atoms with Crippen molar-refractivity contribution in [1.82, 2.24) is 34.3 Å². The van der Waals surface area contributed by atoms with E-state index in [4.69, 9.17) is 14.7 Å². The Hall–Kier alpha value is -3.76. The van der Waals surface area contributed by atoms with Gasteiger partial charge in [-0.05, 0) is 25.3 Å². The largest absolute Gasteiger partial charge is 0.481 e. The lowest BCUT2D eigenvalue weighted by atomic mass is 10.2. The zero-order chi connectivity index (χ0) is 24.2. The van der Waals surface area contributed by atoms with Crippen molar-refractivity contribution in [1.29, 1.82) is 0 Å². The number of likely N-dealkylation sites (tertiary alicyclic amines) is 2. The second kappa shape index (κ2) is 10.2. The molecule has 0 radical (unpaired) electrons. The Balaban J connectivity index is 1.37. The summed E-state index contributed by atoms with van der Waals surface area (Å²) in [6.45, 7) is 4.26. The molecule has 0 atom stereocenters. The van der Waals surface area contributed by atoms with Crippen LogP contribution in [-0.4, -0.2) is 86.0 Å². The Bertz CT molecular complexity index is 1210. The molecule has 3 aromatic heterocycles. The molecule has 184 valence electrons. The molecule has 0 unspecified atom stereocenters. The molecule has 2 aliphatic rings. The number of hydrogen-bond acceptors (Lipinski definition) is 8. The van der Waals surface area contributed by atoms with Gasteiger partial charge < -0.3 is 24.4 Å². The normalized spacial score (nSPS) is 16.0. The van der Waals surface area contributed by atoms with Crippen LogP contribution >= 0.6 is 0 Å². The minimum Gasteiger partial charge on any atom is -0.481 e. The summed E-state index contributed by atoms with van der Waals surface area (Å²) in [5.41, 5.74) is 2.15. The fourth-order valence-corrected chi connectivity index (χ4v) is 4.58. The second-order valence-corrected chi connectivity index (χ2v) is 8.84. The highest BCUT2D eigenvalue weighted by Gasteiger charge is 2.21. The van der Waals surface area contributed by atoms with E-state index >= 15 is 0 Å². The van der Waals surface area contributed by atoms with Crippen LogP contribution < -0.4 is 10.1 Å². The van der Waals surface area contributed by atoms with E-state index < -0.39 is 0 Å². The lowest BCUT2D eigenvalue weighted by Crippen LogP contribution is -2.28. The van der Waals surface area contributed by atoms with E-state index in [2.05, 4.69) is 15.3 Å². The predicted molar refractivity (Wildman–Crippen MR) is 130 cm³/mol. The van der Waals surface area contributed by atoms with Crippen LogP contribution in [0.2, 0.25) is 0 Å². The number of methoxy groups -OCH3 is 1. The Morgan fingerprint density at radius 2 is 1.74 bits per heavy atom. The van der Waals surface area contributed by atoms with Gasteiger partial charge in [0.05, 0.1) is 13.4 Å². The molecule has 3 aromatic rings. The molecule has 0 aliphatic carbocycles. The molecule has 2 aliphatic heterocycles. The van der Waals surface area contributed by atoms with Crippen molar-refractivity contribution in [3.05, 3.63) is 24.7 Å². The molecule has 0 saturated carbocycles. The number of pyridine rings is 1. The molecule has 2 amide bonds. The molecule has 1 N–H and O–H groups in total. The number of nitrogens with one attached hydrogen (secondary N) is 1. The van der Waals surface area contributed by atoms with Gasteiger partial charge in [-0.1, -0.05) is 0 Å². The van der Waals surface area contributed by atoms with Crippen LogP contribution in [0.5, 0.6) is 5.88 Å². The maximum atomic E-state index is 12.0. The monoisotopic (exact) mass is 478 g/mol. The summed E-state index contributed by atoms with van der Waals surface area (Å²) in [5, 5.41) is 3.40. The smallest absolute Gasteiger partial charge is 0.222 e. The van der Waals surface area contributed by atoms with Crippen molar-refractivity contribution in [2.75, 3.05) is 45.2 Å². The minimum absolute atomic E-state index is 0.202. The van der Waals surface area contributed by atoms with Crippen LogP contribution in [0.1, 0.15) is 32.1 Å². The number of aromatic nitrogens is 5. The molecule has 5 heterocycles. The van der Waals surface area contributed by atoms with Crippen molar-refractivity contribution >= 4 is 28.8 Å². The summed E-state index contributed by atoms with van der Waals surface area (Å²) in [5.74, 6) is 2.13. The van der Waals surface area contributed by atoms with E-state index in [9.17, 15) is 9.59 Å².